The molecule has 1 aliphatic carbocycles. The number of rotatable bonds is 3. The molecule has 0 aliphatic heterocycles. The van der Waals surface area contributed by atoms with Crippen LogP contribution < -0.4 is 11.1 Å². The molecular formula is C11H22N2O. The lowest BCUT2D eigenvalue weighted by molar-refractivity contribution is -0.126. The first-order valence-electron chi connectivity index (χ1n) is 5.63. The molecule has 0 heterocycles. The average Bonchev–Trinajstić information content (AvgIpc) is 2.15. The number of nitrogens with two attached hydrogens (primary N) is 1. The maximum absolute atomic E-state index is 11.7. The summed E-state index contributed by atoms with van der Waals surface area (Å²) in [6.45, 7) is 5.01. The van der Waals surface area contributed by atoms with Gasteiger partial charge in [0, 0.05) is 18.5 Å². The van der Waals surface area contributed by atoms with Gasteiger partial charge in [-0.3, -0.25) is 4.79 Å². The van der Waals surface area contributed by atoms with Crippen molar-refractivity contribution in [1.29, 1.82) is 0 Å². The van der Waals surface area contributed by atoms with Gasteiger partial charge in [0.15, 0.2) is 0 Å². The molecule has 1 fully saturated rings. The predicted molar refractivity (Wildman–Crippen MR) is 57.8 cm³/mol. The molecule has 0 aromatic rings. The summed E-state index contributed by atoms with van der Waals surface area (Å²) in [4.78, 5) is 11.7. The molecule has 0 unspecified atom stereocenters. The molecule has 3 nitrogen and oxygen atoms in total. The molecule has 3 N–H and O–H groups in total. The summed E-state index contributed by atoms with van der Waals surface area (Å²) >= 11 is 0. The topological polar surface area (TPSA) is 55.1 Å². The Balaban J connectivity index is 2.24. The molecule has 3 heteroatoms. The molecule has 0 aromatic heterocycles. The second kappa shape index (κ2) is 5.35. The Morgan fingerprint density at radius 2 is 1.93 bits per heavy atom. The first-order chi connectivity index (χ1) is 6.59. The zero-order valence-electron chi connectivity index (χ0n) is 9.25. The molecule has 1 aliphatic rings. The normalized spacial score (nSPS) is 27.7. The van der Waals surface area contributed by atoms with Gasteiger partial charge in [0.05, 0.1) is 0 Å². The Kier molecular flexibility index (Phi) is 4.39. The van der Waals surface area contributed by atoms with E-state index in [1.54, 1.807) is 0 Å². The second-order valence-electron chi connectivity index (χ2n) is 4.75. The first kappa shape index (κ1) is 11.5. The zero-order valence-corrected chi connectivity index (χ0v) is 9.25. The summed E-state index contributed by atoms with van der Waals surface area (Å²) in [6.07, 6.45) is 3.93. The lowest BCUT2D eigenvalue weighted by Crippen LogP contribution is -2.37. The third-order valence-corrected chi connectivity index (χ3v) is 2.83. The predicted octanol–water partition coefficient (Wildman–Crippen LogP) is 1.28. The van der Waals surface area contributed by atoms with E-state index in [1.807, 2.05) is 0 Å². The third kappa shape index (κ3) is 3.66. The van der Waals surface area contributed by atoms with Gasteiger partial charge in [0.2, 0.25) is 5.91 Å². The second-order valence-corrected chi connectivity index (χ2v) is 4.75. The molecule has 1 amide bonds. The first-order valence-corrected chi connectivity index (χ1v) is 5.63. The van der Waals surface area contributed by atoms with Gasteiger partial charge >= 0.3 is 0 Å². The Morgan fingerprint density at radius 1 is 1.36 bits per heavy atom. The quantitative estimate of drug-likeness (QED) is 0.717. The average molecular weight is 198 g/mol. The molecule has 82 valence electrons. The maximum atomic E-state index is 11.7. The van der Waals surface area contributed by atoms with Crippen LogP contribution in [0.4, 0.5) is 0 Å². The van der Waals surface area contributed by atoms with Gasteiger partial charge in [-0.1, -0.05) is 13.8 Å². The van der Waals surface area contributed by atoms with Crippen molar-refractivity contribution in [3.05, 3.63) is 0 Å². The number of carbonyl (C=O) groups excluding carboxylic acids is 1. The minimum Gasteiger partial charge on any atom is -0.356 e. The maximum Gasteiger partial charge on any atom is 0.223 e. The summed E-state index contributed by atoms with van der Waals surface area (Å²) in [6, 6.07) is 0.323. The Labute approximate surface area is 86.4 Å². The van der Waals surface area contributed by atoms with Crippen molar-refractivity contribution in [2.45, 2.75) is 45.6 Å². The number of carbonyl (C=O) groups is 1. The van der Waals surface area contributed by atoms with Gasteiger partial charge < -0.3 is 11.1 Å². The highest BCUT2D eigenvalue weighted by atomic mass is 16.1. The largest absolute Gasteiger partial charge is 0.356 e. The van der Waals surface area contributed by atoms with Gasteiger partial charge in [0.1, 0.15) is 0 Å². The van der Waals surface area contributed by atoms with Gasteiger partial charge in [-0.05, 0) is 31.6 Å². The van der Waals surface area contributed by atoms with E-state index in [0.717, 1.165) is 32.2 Å². The molecule has 0 aromatic carbocycles. The van der Waals surface area contributed by atoms with Crippen LogP contribution in [0.1, 0.15) is 39.5 Å². The number of nitrogens with one attached hydrogen (secondary N) is 1. The van der Waals surface area contributed by atoms with Crippen molar-refractivity contribution in [1.82, 2.24) is 5.32 Å². The van der Waals surface area contributed by atoms with Crippen LogP contribution in [-0.4, -0.2) is 18.5 Å². The molecule has 0 saturated heterocycles. The van der Waals surface area contributed by atoms with E-state index < -0.39 is 0 Å². The van der Waals surface area contributed by atoms with Crippen molar-refractivity contribution in [3.8, 4) is 0 Å². The van der Waals surface area contributed by atoms with Crippen molar-refractivity contribution in [2.24, 2.45) is 17.6 Å². The smallest absolute Gasteiger partial charge is 0.223 e. The van der Waals surface area contributed by atoms with Crippen LogP contribution in [0, 0.1) is 11.8 Å². The van der Waals surface area contributed by atoms with Crippen LogP contribution in [0.2, 0.25) is 0 Å². The lowest BCUT2D eigenvalue weighted by Gasteiger charge is -2.25. The standard InChI is InChI=1S/C11H22N2O/c1-8(2)7-13-11(14)9-3-5-10(12)6-4-9/h8-10H,3-7,12H2,1-2H3,(H,13,14). The van der Waals surface area contributed by atoms with Crippen molar-refractivity contribution in [2.75, 3.05) is 6.54 Å². The zero-order chi connectivity index (χ0) is 10.6. The van der Waals surface area contributed by atoms with E-state index in [1.165, 1.54) is 0 Å². The molecule has 0 atom stereocenters. The Morgan fingerprint density at radius 3 is 2.43 bits per heavy atom. The summed E-state index contributed by atoms with van der Waals surface area (Å²) in [5.74, 6) is 0.976. The highest BCUT2D eigenvalue weighted by molar-refractivity contribution is 5.78. The Hall–Kier alpha value is -0.570. The fourth-order valence-corrected chi connectivity index (χ4v) is 1.83. The van der Waals surface area contributed by atoms with Crippen LogP contribution in [0.25, 0.3) is 0 Å². The minimum atomic E-state index is 0.216. The Bertz CT molecular complexity index is 184. The third-order valence-electron chi connectivity index (χ3n) is 2.83. The van der Waals surface area contributed by atoms with Gasteiger partial charge in [-0.15, -0.1) is 0 Å². The number of amides is 1. The molecule has 0 spiro atoms. The van der Waals surface area contributed by atoms with E-state index in [-0.39, 0.29) is 11.8 Å². The van der Waals surface area contributed by atoms with Crippen LogP contribution >= 0.6 is 0 Å². The monoisotopic (exact) mass is 198 g/mol. The van der Waals surface area contributed by atoms with E-state index in [4.69, 9.17) is 5.73 Å². The number of hydrogen-bond acceptors (Lipinski definition) is 2. The molecule has 0 bridgehead atoms. The van der Waals surface area contributed by atoms with Crippen molar-refractivity contribution >= 4 is 5.91 Å². The fraction of sp³-hybridized carbons (Fsp3) is 0.909. The fourth-order valence-electron chi connectivity index (χ4n) is 1.83. The van der Waals surface area contributed by atoms with E-state index >= 15 is 0 Å². The van der Waals surface area contributed by atoms with E-state index in [9.17, 15) is 4.79 Å². The van der Waals surface area contributed by atoms with Crippen LogP contribution in [0.15, 0.2) is 0 Å². The van der Waals surface area contributed by atoms with Crippen LogP contribution in [-0.2, 0) is 4.79 Å². The molecular weight excluding hydrogens is 176 g/mol. The van der Waals surface area contributed by atoms with Crippen LogP contribution in [0.3, 0.4) is 0 Å². The van der Waals surface area contributed by atoms with Crippen molar-refractivity contribution < 1.29 is 4.79 Å². The summed E-state index contributed by atoms with van der Waals surface area (Å²) in [5.41, 5.74) is 5.79. The van der Waals surface area contributed by atoms with E-state index in [2.05, 4.69) is 19.2 Å². The SMILES string of the molecule is CC(C)CNC(=O)C1CCC(N)CC1. The van der Waals surface area contributed by atoms with Gasteiger partial charge in [0.25, 0.3) is 0 Å². The van der Waals surface area contributed by atoms with Gasteiger partial charge in [-0.2, -0.15) is 0 Å². The van der Waals surface area contributed by atoms with Gasteiger partial charge in [-0.25, -0.2) is 0 Å². The summed E-state index contributed by atoms with van der Waals surface area (Å²) in [5, 5.41) is 2.99. The summed E-state index contributed by atoms with van der Waals surface area (Å²) in [7, 11) is 0. The molecule has 1 rings (SSSR count). The molecule has 14 heavy (non-hydrogen) atoms. The van der Waals surface area contributed by atoms with Crippen LogP contribution in [0.5, 0.6) is 0 Å². The molecule has 1 saturated carbocycles. The highest BCUT2D eigenvalue weighted by Crippen LogP contribution is 2.23. The molecule has 0 radical (unpaired) electrons. The minimum absolute atomic E-state index is 0.216. The lowest BCUT2D eigenvalue weighted by atomic mass is 9.86. The van der Waals surface area contributed by atoms with Crippen molar-refractivity contribution in [3.63, 3.8) is 0 Å². The number of hydrogen-bond donors (Lipinski definition) is 2. The highest BCUT2D eigenvalue weighted by Gasteiger charge is 2.24. The summed E-state index contributed by atoms with van der Waals surface area (Å²) < 4.78 is 0. The van der Waals surface area contributed by atoms with E-state index in [0.29, 0.717) is 12.0 Å².